The number of amides is 2. The van der Waals surface area contributed by atoms with Gasteiger partial charge in [0.25, 0.3) is 5.91 Å². The molecule has 0 aromatic rings. The largest absolute Gasteiger partial charge is 0.351 e. The molecule has 0 aromatic heterocycles. The van der Waals surface area contributed by atoms with E-state index in [0.717, 1.165) is 18.4 Å². The molecule has 2 fully saturated rings. The molecule has 0 saturated heterocycles. The minimum absolute atomic E-state index is 0.0235. The lowest BCUT2D eigenvalue weighted by atomic mass is 9.89. The third-order valence-electron chi connectivity index (χ3n) is 4.88. The van der Waals surface area contributed by atoms with Crippen molar-refractivity contribution in [3.63, 3.8) is 0 Å². The Balaban J connectivity index is 1.52. The van der Waals surface area contributed by atoms with Crippen molar-refractivity contribution in [3.8, 4) is 0 Å². The Morgan fingerprint density at radius 2 is 2.21 bits per heavy atom. The van der Waals surface area contributed by atoms with Crippen LogP contribution < -0.4 is 5.32 Å². The summed E-state index contributed by atoms with van der Waals surface area (Å²) in [5.74, 6) is 2.27. The standard InChI is InChI=1S/C14H21N3O2/c1-17-13(18)5-4-12(16-17)14(19)15-8-11-7-9-2-3-10(11)6-9/h9-11H,2-8H2,1H3,(H,15,19). The highest BCUT2D eigenvalue weighted by molar-refractivity contribution is 6.39. The summed E-state index contributed by atoms with van der Waals surface area (Å²) in [4.78, 5) is 23.3. The fourth-order valence-corrected chi connectivity index (χ4v) is 3.79. The van der Waals surface area contributed by atoms with Gasteiger partial charge in [-0.1, -0.05) is 6.42 Å². The van der Waals surface area contributed by atoms with E-state index in [1.54, 1.807) is 7.05 Å². The van der Waals surface area contributed by atoms with Gasteiger partial charge in [-0.15, -0.1) is 0 Å². The van der Waals surface area contributed by atoms with Crippen molar-refractivity contribution in [2.75, 3.05) is 13.6 Å². The van der Waals surface area contributed by atoms with Crippen LogP contribution in [-0.4, -0.2) is 36.1 Å². The number of fused-ring (bicyclic) bond motifs is 2. The highest BCUT2D eigenvalue weighted by atomic mass is 16.2. The Labute approximate surface area is 113 Å². The van der Waals surface area contributed by atoms with Crippen molar-refractivity contribution in [3.05, 3.63) is 0 Å². The zero-order valence-corrected chi connectivity index (χ0v) is 11.4. The zero-order chi connectivity index (χ0) is 13.4. The van der Waals surface area contributed by atoms with Crippen molar-refractivity contribution in [2.24, 2.45) is 22.9 Å². The molecule has 1 aliphatic heterocycles. The van der Waals surface area contributed by atoms with E-state index in [1.807, 2.05) is 0 Å². The lowest BCUT2D eigenvalue weighted by Gasteiger charge is -2.23. The summed E-state index contributed by atoms with van der Waals surface area (Å²) in [7, 11) is 1.60. The number of carbonyl (C=O) groups is 2. The van der Waals surface area contributed by atoms with Gasteiger partial charge in [0.1, 0.15) is 5.71 Å². The predicted molar refractivity (Wildman–Crippen MR) is 71.4 cm³/mol. The van der Waals surface area contributed by atoms with Crippen molar-refractivity contribution in [2.45, 2.75) is 38.5 Å². The molecule has 19 heavy (non-hydrogen) atoms. The first kappa shape index (κ1) is 12.6. The average Bonchev–Trinajstić information content (AvgIpc) is 3.01. The molecule has 5 nitrogen and oxygen atoms in total. The first-order valence-electron chi connectivity index (χ1n) is 7.25. The zero-order valence-electron chi connectivity index (χ0n) is 11.4. The molecular weight excluding hydrogens is 242 g/mol. The Hall–Kier alpha value is -1.39. The van der Waals surface area contributed by atoms with Crippen molar-refractivity contribution in [1.29, 1.82) is 0 Å². The van der Waals surface area contributed by atoms with Crippen LogP contribution in [0.25, 0.3) is 0 Å². The second-order valence-electron chi connectivity index (χ2n) is 6.11. The Morgan fingerprint density at radius 1 is 1.37 bits per heavy atom. The molecule has 2 aliphatic carbocycles. The second-order valence-corrected chi connectivity index (χ2v) is 6.11. The molecule has 0 spiro atoms. The van der Waals surface area contributed by atoms with Gasteiger partial charge in [-0.05, 0) is 37.0 Å². The van der Waals surface area contributed by atoms with Crippen molar-refractivity contribution >= 4 is 17.5 Å². The SMILES string of the molecule is CN1N=C(C(=O)NCC2CC3CCC2C3)CCC1=O. The fraction of sp³-hybridized carbons (Fsp3) is 0.786. The number of nitrogens with one attached hydrogen (secondary N) is 1. The van der Waals surface area contributed by atoms with Crippen molar-refractivity contribution < 1.29 is 9.59 Å². The Kier molecular flexibility index (Phi) is 3.29. The number of hydrazone groups is 1. The summed E-state index contributed by atoms with van der Waals surface area (Å²) >= 11 is 0. The average molecular weight is 263 g/mol. The van der Waals surface area contributed by atoms with Gasteiger partial charge < -0.3 is 5.32 Å². The van der Waals surface area contributed by atoms with Crippen LogP contribution in [0.1, 0.15) is 38.5 Å². The summed E-state index contributed by atoms with van der Waals surface area (Å²) in [5.41, 5.74) is 0.491. The summed E-state index contributed by atoms with van der Waals surface area (Å²) < 4.78 is 0. The number of hydrogen-bond donors (Lipinski definition) is 1. The minimum atomic E-state index is -0.0953. The monoisotopic (exact) mass is 263 g/mol. The lowest BCUT2D eigenvalue weighted by Crippen LogP contribution is -2.40. The number of hydrogen-bond acceptors (Lipinski definition) is 3. The van der Waals surface area contributed by atoms with E-state index in [0.29, 0.717) is 24.5 Å². The summed E-state index contributed by atoms with van der Waals surface area (Å²) in [5, 5.41) is 8.33. The maximum absolute atomic E-state index is 12.0. The molecular formula is C14H21N3O2. The molecule has 3 rings (SSSR count). The predicted octanol–water partition coefficient (Wildman–Crippen LogP) is 1.15. The lowest BCUT2D eigenvalue weighted by molar-refractivity contribution is -0.130. The van der Waals surface area contributed by atoms with E-state index in [2.05, 4.69) is 10.4 Å². The number of rotatable bonds is 3. The van der Waals surface area contributed by atoms with Crippen LogP contribution in [0, 0.1) is 17.8 Å². The number of carbonyl (C=O) groups excluding carboxylic acids is 2. The van der Waals surface area contributed by atoms with Crippen LogP contribution in [0.4, 0.5) is 0 Å². The van der Waals surface area contributed by atoms with Gasteiger partial charge in [-0.25, -0.2) is 5.01 Å². The van der Waals surface area contributed by atoms with Gasteiger partial charge in [0.05, 0.1) is 0 Å². The van der Waals surface area contributed by atoms with Gasteiger partial charge in [0, 0.05) is 26.4 Å². The molecule has 0 radical (unpaired) electrons. The highest BCUT2D eigenvalue weighted by Crippen LogP contribution is 2.47. The molecule has 2 bridgehead atoms. The quantitative estimate of drug-likeness (QED) is 0.830. The number of nitrogens with zero attached hydrogens (tertiary/aromatic N) is 2. The maximum atomic E-state index is 12.0. The second kappa shape index (κ2) is 4.94. The van der Waals surface area contributed by atoms with Crippen LogP contribution in [0.3, 0.4) is 0 Å². The molecule has 2 saturated carbocycles. The minimum Gasteiger partial charge on any atom is -0.351 e. The molecule has 1 N–H and O–H groups in total. The first-order chi connectivity index (χ1) is 9.13. The molecule has 3 unspecified atom stereocenters. The van der Waals surface area contributed by atoms with Gasteiger partial charge in [0.15, 0.2) is 0 Å². The third-order valence-corrected chi connectivity index (χ3v) is 4.88. The fourth-order valence-electron chi connectivity index (χ4n) is 3.79. The molecule has 1 heterocycles. The van der Waals surface area contributed by atoms with Crippen LogP contribution >= 0.6 is 0 Å². The third kappa shape index (κ3) is 2.51. The van der Waals surface area contributed by atoms with E-state index in [1.165, 1.54) is 30.7 Å². The topological polar surface area (TPSA) is 61.8 Å². The van der Waals surface area contributed by atoms with E-state index < -0.39 is 0 Å². The van der Waals surface area contributed by atoms with E-state index in [-0.39, 0.29) is 11.8 Å². The molecule has 5 heteroatoms. The summed E-state index contributed by atoms with van der Waals surface area (Å²) in [6.45, 7) is 0.774. The molecule has 3 aliphatic rings. The van der Waals surface area contributed by atoms with E-state index >= 15 is 0 Å². The van der Waals surface area contributed by atoms with Gasteiger partial charge in [-0.2, -0.15) is 5.10 Å². The normalized spacial score (nSPS) is 33.5. The van der Waals surface area contributed by atoms with Crippen LogP contribution in [0.2, 0.25) is 0 Å². The molecule has 0 aromatic carbocycles. The van der Waals surface area contributed by atoms with E-state index in [4.69, 9.17) is 0 Å². The molecule has 104 valence electrons. The van der Waals surface area contributed by atoms with Crippen molar-refractivity contribution in [1.82, 2.24) is 10.3 Å². The molecule has 3 atom stereocenters. The van der Waals surface area contributed by atoms with Crippen LogP contribution in [0.5, 0.6) is 0 Å². The highest BCUT2D eigenvalue weighted by Gasteiger charge is 2.39. The van der Waals surface area contributed by atoms with Gasteiger partial charge in [-0.3, -0.25) is 9.59 Å². The van der Waals surface area contributed by atoms with Gasteiger partial charge in [0.2, 0.25) is 5.91 Å². The maximum Gasteiger partial charge on any atom is 0.267 e. The van der Waals surface area contributed by atoms with E-state index in [9.17, 15) is 9.59 Å². The van der Waals surface area contributed by atoms with Crippen LogP contribution in [-0.2, 0) is 9.59 Å². The summed E-state index contributed by atoms with van der Waals surface area (Å²) in [6.07, 6.45) is 6.20. The Bertz CT molecular complexity index is 432. The smallest absolute Gasteiger partial charge is 0.267 e. The van der Waals surface area contributed by atoms with Crippen LogP contribution in [0.15, 0.2) is 5.10 Å². The summed E-state index contributed by atoms with van der Waals surface area (Å²) in [6, 6.07) is 0. The van der Waals surface area contributed by atoms with Gasteiger partial charge >= 0.3 is 0 Å². The first-order valence-corrected chi connectivity index (χ1v) is 7.25. The Morgan fingerprint density at radius 3 is 2.84 bits per heavy atom. The molecule has 2 amide bonds.